The number of anilines is 1. The first-order valence-corrected chi connectivity index (χ1v) is 9.01. The van der Waals surface area contributed by atoms with Crippen molar-refractivity contribution in [3.05, 3.63) is 41.7 Å². The van der Waals surface area contributed by atoms with E-state index in [1.165, 1.54) is 0 Å². The molecule has 0 unspecified atom stereocenters. The summed E-state index contributed by atoms with van der Waals surface area (Å²) in [4.78, 5) is 6.98. The zero-order chi connectivity index (χ0) is 18.3. The molecule has 1 atom stereocenters. The first-order valence-electron chi connectivity index (χ1n) is 9.01. The highest BCUT2D eigenvalue weighted by Crippen LogP contribution is 2.32. The minimum Gasteiger partial charge on any atom is -0.497 e. The van der Waals surface area contributed by atoms with Gasteiger partial charge in [-0.2, -0.15) is 9.61 Å². The van der Waals surface area contributed by atoms with Crippen LogP contribution in [0.4, 0.5) is 5.82 Å². The number of aryl methyl sites for hydroxylation is 2. The average Bonchev–Trinajstić information content (AvgIpc) is 2.97. The lowest BCUT2D eigenvalue weighted by Gasteiger charge is -2.32. The highest BCUT2D eigenvalue weighted by atomic mass is 16.5. The fourth-order valence-corrected chi connectivity index (χ4v) is 3.71. The lowest BCUT2D eigenvalue weighted by molar-refractivity contribution is 0.153. The summed E-state index contributed by atoms with van der Waals surface area (Å²) in [6.07, 6.45) is 1.55. The summed E-state index contributed by atoms with van der Waals surface area (Å²) in [7, 11) is 1.67. The molecular weight excluding hydrogens is 328 g/mol. The largest absolute Gasteiger partial charge is 0.497 e. The fraction of sp³-hybridized carbons (Fsp3) is 0.400. The van der Waals surface area contributed by atoms with Crippen LogP contribution in [0.15, 0.2) is 30.3 Å². The van der Waals surface area contributed by atoms with Crippen LogP contribution in [0.1, 0.15) is 24.2 Å². The van der Waals surface area contributed by atoms with Crippen LogP contribution < -0.4 is 9.64 Å². The molecule has 0 spiro atoms. The van der Waals surface area contributed by atoms with Crippen molar-refractivity contribution < 1.29 is 9.84 Å². The van der Waals surface area contributed by atoms with Crippen molar-refractivity contribution in [1.82, 2.24) is 14.6 Å². The van der Waals surface area contributed by atoms with Crippen LogP contribution >= 0.6 is 0 Å². The lowest BCUT2D eigenvalue weighted by Crippen LogP contribution is -2.39. The van der Waals surface area contributed by atoms with Gasteiger partial charge in [-0.1, -0.05) is 12.1 Å². The molecule has 2 aromatic heterocycles. The van der Waals surface area contributed by atoms with E-state index in [2.05, 4.69) is 11.0 Å². The number of benzene rings is 1. The predicted molar refractivity (Wildman–Crippen MR) is 102 cm³/mol. The molecule has 136 valence electrons. The number of hydrogen-bond donors (Lipinski definition) is 1. The second kappa shape index (κ2) is 6.61. The van der Waals surface area contributed by atoms with Gasteiger partial charge in [-0.25, -0.2) is 4.98 Å². The van der Waals surface area contributed by atoms with E-state index in [0.29, 0.717) is 6.54 Å². The number of nitrogens with zero attached hydrogens (tertiary/aromatic N) is 4. The number of ether oxygens (including phenoxy) is 1. The minimum absolute atomic E-state index is 0.287. The van der Waals surface area contributed by atoms with Crippen molar-refractivity contribution >= 4 is 11.5 Å². The number of piperidine rings is 1. The van der Waals surface area contributed by atoms with Crippen LogP contribution in [0.2, 0.25) is 0 Å². The van der Waals surface area contributed by atoms with Gasteiger partial charge in [0.1, 0.15) is 11.6 Å². The summed E-state index contributed by atoms with van der Waals surface area (Å²) >= 11 is 0. The second-order valence-electron chi connectivity index (χ2n) is 6.92. The second-order valence-corrected chi connectivity index (χ2v) is 6.92. The van der Waals surface area contributed by atoms with Crippen LogP contribution in [0.25, 0.3) is 16.8 Å². The Balaban J connectivity index is 1.86. The van der Waals surface area contributed by atoms with Gasteiger partial charge in [0.2, 0.25) is 0 Å². The van der Waals surface area contributed by atoms with Crippen molar-refractivity contribution in [2.45, 2.75) is 32.8 Å². The molecule has 1 aliphatic heterocycles. The van der Waals surface area contributed by atoms with Crippen LogP contribution in [-0.4, -0.2) is 46.0 Å². The highest BCUT2D eigenvalue weighted by molar-refractivity contribution is 5.81. The quantitative estimate of drug-likeness (QED) is 0.785. The minimum atomic E-state index is -0.287. The Morgan fingerprint density at radius 1 is 1.19 bits per heavy atom. The molecule has 3 aromatic rings. The van der Waals surface area contributed by atoms with Gasteiger partial charge in [-0.05, 0) is 44.4 Å². The molecule has 1 aromatic carbocycles. The molecule has 6 heteroatoms. The molecular formula is C20H24N4O2. The van der Waals surface area contributed by atoms with E-state index in [4.69, 9.17) is 14.8 Å². The van der Waals surface area contributed by atoms with Crippen LogP contribution in [0.3, 0.4) is 0 Å². The van der Waals surface area contributed by atoms with Crippen molar-refractivity contribution in [1.29, 1.82) is 0 Å². The van der Waals surface area contributed by atoms with Gasteiger partial charge in [0.25, 0.3) is 0 Å². The third kappa shape index (κ3) is 2.90. The zero-order valence-corrected chi connectivity index (χ0v) is 15.4. The standard InChI is InChI=1S/C20H24N4O2/c1-13-11-18(23-10-4-5-16(25)12-23)24-20(21-13)19(14(2)22-24)15-6-8-17(26-3)9-7-15/h6-9,11,16,25H,4-5,10,12H2,1-3H3/t16-/m0/s1. The Morgan fingerprint density at radius 3 is 2.65 bits per heavy atom. The summed E-state index contributed by atoms with van der Waals surface area (Å²) in [6.45, 7) is 5.57. The van der Waals surface area contributed by atoms with Crippen molar-refractivity contribution in [3.8, 4) is 16.9 Å². The maximum absolute atomic E-state index is 10.1. The van der Waals surface area contributed by atoms with Gasteiger partial charge in [0.15, 0.2) is 5.65 Å². The summed E-state index contributed by atoms with van der Waals surface area (Å²) < 4.78 is 7.18. The molecule has 1 saturated heterocycles. The molecule has 1 N–H and O–H groups in total. The Hall–Kier alpha value is -2.60. The monoisotopic (exact) mass is 352 g/mol. The SMILES string of the molecule is COc1ccc(-c2c(C)nn3c(N4CCC[C@H](O)C4)cc(C)nc23)cc1. The molecule has 0 amide bonds. The zero-order valence-electron chi connectivity index (χ0n) is 15.4. The molecule has 0 aliphatic carbocycles. The van der Waals surface area contributed by atoms with Crippen LogP contribution in [0.5, 0.6) is 5.75 Å². The highest BCUT2D eigenvalue weighted by Gasteiger charge is 2.23. The molecule has 4 rings (SSSR count). The normalized spacial score (nSPS) is 17.7. The summed E-state index contributed by atoms with van der Waals surface area (Å²) in [5.41, 5.74) is 4.84. The number of hydrogen-bond acceptors (Lipinski definition) is 5. The van der Waals surface area contributed by atoms with Gasteiger partial charge < -0.3 is 14.7 Å². The summed E-state index contributed by atoms with van der Waals surface area (Å²) in [5, 5.41) is 14.8. The smallest absolute Gasteiger partial charge is 0.165 e. The van der Waals surface area contributed by atoms with Crippen molar-refractivity contribution in [3.63, 3.8) is 0 Å². The molecule has 1 fully saturated rings. The van der Waals surface area contributed by atoms with E-state index >= 15 is 0 Å². The number of rotatable bonds is 3. The number of aliphatic hydroxyl groups excluding tert-OH is 1. The van der Waals surface area contributed by atoms with Crippen LogP contribution in [-0.2, 0) is 0 Å². The predicted octanol–water partition coefficient (Wildman–Crippen LogP) is 2.98. The van der Waals surface area contributed by atoms with Gasteiger partial charge >= 0.3 is 0 Å². The van der Waals surface area contributed by atoms with E-state index in [9.17, 15) is 5.11 Å². The van der Waals surface area contributed by atoms with E-state index in [-0.39, 0.29) is 6.10 Å². The van der Waals surface area contributed by atoms with Gasteiger partial charge in [0, 0.05) is 30.4 Å². The van der Waals surface area contributed by atoms with Crippen LogP contribution in [0, 0.1) is 13.8 Å². The molecule has 3 heterocycles. The number of fused-ring (bicyclic) bond motifs is 1. The van der Waals surface area contributed by atoms with E-state index in [1.54, 1.807) is 7.11 Å². The average molecular weight is 352 g/mol. The van der Waals surface area contributed by atoms with Gasteiger partial charge in [-0.3, -0.25) is 0 Å². The first kappa shape index (κ1) is 16.8. The molecule has 0 bridgehead atoms. The van der Waals surface area contributed by atoms with Crippen molar-refractivity contribution in [2.24, 2.45) is 0 Å². The molecule has 26 heavy (non-hydrogen) atoms. The Bertz CT molecular complexity index is 933. The van der Waals surface area contributed by atoms with Gasteiger partial charge in [0.05, 0.1) is 18.9 Å². The van der Waals surface area contributed by atoms with E-state index < -0.39 is 0 Å². The number of aromatic nitrogens is 3. The molecule has 1 aliphatic rings. The fourth-order valence-electron chi connectivity index (χ4n) is 3.71. The number of aliphatic hydroxyl groups is 1. The summed E-state index contributed by atoms with van der Waals surface area (Å²) in [6, 6.07) is 10.0. The first-order chi connectivity index (χ1) is 12.6. The third-order valence-corrected chi connectivity index (χ3v) is 4.97. The maximum Gasteiger partial charge on any atom is 0.165 e. The summed E-state index contributed by atoms with van der Waals surface area (Å²) in [5.74, 6) is 1.82. The molecule has 6 nitrogen and oxygen atoms in total. The Kier molecular flexibility index (Phi) is 4.28. The van der Waals surface area contributed by atoms with Crippen molar-refractivity contribution in [2.75, 3.05) is 25.1 Å². The van der Waals surface area contributed by atoms with Gasteiger partial charge in [-0.15, -0.1) is 0 Å². The molecule has 0 radical (unpaired) electrons. The molecule has 0 saturated carbocycles. The number of β-amino-alcohol motifs (C(OH)–C–C–N with tert-alkyl or cyclic N) is 1. The maximum atomic E-state index is 10.1. The Morgan fingerprint density at radius 2 is 1.96 bits per heavy atom. The number of methoxy groups -OCH3 is 1. The topological polar surface area (TPSA) is 62.9 Å². The van der Waals surface area contributed by atoms with E-state index in [0.717, 1.165) is 59.1 Å². The third-order valence-electron chi connectivity index (χ3n) is 4.97. The lowest BCUT2D eigenvalue weighted by atomic mass is 10.1. The van der Waals surface area contributed by atoms with E-state index in [1.807, 2.05) is 42.6 Å². The Labute approximate surface area is 153 Å².